The molecule has 0 bridgehead atoms. The van der Waals surface area contributed by atoms with Crippen molar-refractivity contribution in [3.05, 3.63) is 48.5 Å². The number of hydrogen-bond donors (Lipinski definition) is 0. The van der Waals surface area contributed by atoms with Gasteiger partial charge >= 0.3 is 5.97 Å². The lowest BCUT2D eigenvalue weighted by Crippen LogP contribution is -2.03. The van der Waals surface area contributed by atoms with Crippen LogP contribution in [0.15, 0.2) is 48.5 Å². The maximum atomic E-state index is 11.1. The Kier molecular flexibility index (Phi) is 2.45. The molecule has 0 aliphatic rings. The summed E-state index contributed by atoms with van der Waals surface area (Å²) in [6.45, 7) is 1.38. The lowest BCUT2D eigenvalue weighted by atomic mass is 10.1. The third-order valence-corrected chi connectivity index (χ3v) is 2.81. The van der Waals surface area contributed by atoms with E-state index in [0.717, 1.165) is 21.7 Å². The normalized spacial score (nSPS) is 10.7. The molecular weight excluding hydrogens is 226 g/mol. The number of esters is 1. The van der Waals surface area contributed by atoms with E-state index in [2.05, 4.69) is 4.98 Å². The quantitative estimate of drug-likeness (QED) is 0.481. The first-order chi connectivity index (χ1) is 8.75. The van der Waals surface area contributed by atoms with E-state index in [9.17, 15) is 4.79 Å². The van der Waals surface area contributed by atoms with Gasteiger partial charge in [-0.15, -0.1) is 0 Å². The Hall–Kier alpha value is -2.42. The van der Waals surface area contributed by atoms with Crippen molar-refractivity contribution in [3.63, 3.8) is 0 Å². The molecule has 0 aliphatic carbocycles. The van der Waals surface area contributed by atoms with Crippen molar-refractivity contribution in [1.29, 1.82) is 0 Å². The molecule has 0 N–H and O–H groups in total. The van der Waals surface area contributed by atoms with Crippen LogP contribution in [0.2, 0.25) is 0 Å². The molecule has 3 heteroatoms. The highest BCUT2D eigenvalue weighted by atomic mass is 16.5. The van der Waals surface area contributed by atoms with Gasteiger partial charge in [-0.3, -0.25) is 4.79 Å². The van der Waals surface area contributed by atoms with Gasteiger partial charge in [0.2, 0.25) is 5.88 Å². The fourth-order valence-corrected chi connectivity index (χ4v) is 2.09. The molecule has 0 saturated carbocycles. The Morgan fingerprint density at radius 1 is 0.944 bits per heavy atom. The predicted molar refractivity (Wildman–Crippen MR) is 70.6 cm³/mol. The summed E-state index contributed by atoms with van der Waals surface area (Å²) in [6.07, 6.45) is 0. The fraction of sp³-hybridized carbons (Fsp3) is 0.0667. The Labute approximate surface area is 104 Å². The minimum Gasteiger partial charge on any atom is -0.407 e. The first kappa shape index (κ1) is 10.7. The first-order valence-electron chi connectivity index (χ1n) is 5.71. The van der Waals surface area contributed by atoms with Crippen LogP contribution in [-0.4, -0.2) is 11.0 Å². The molecule has 2 aromatic carbocycles. The van der Waals surface area contributed by atoms with Crippen molar-refractivity contribution in [2.75, 3.05) is 0 Å². The van der Waals surface area contributed by atoms with Gasteiger partial charge in [0, 0.05) is 17.7 Å². The average Bonchev–Trinajstić information content (AvgIpc) is 2.38. The second-order valence-electron chi connectivity index (χ2n) is 4.07. The van der Waals surface area contributed by atoms with Crippen molar-refractivity contribution in [2.24, 2.45) is 0 Å². The summed E-state index contributed by atoms with van der Waals surface area (Å²) in [5.41, 5.74) is 0.826. The lowest BCUT2D eigenvalue weighted by molar-refractivity contribution is -0.132. The highest BCUT2D eigenvalue weighted by Crippen LogP contribution is 2.30. The topological polar surface area (TPSA) is 39.2 Å². The maximum Gasteiger partial charge on any atom is 0.309 e. The van der Waals surface area contributed by atoms with Crippen LogP contribution in [0.25, 0.3) is 21.7 Å². The van der Waals surface area contributed by atoms with Crippen LogP contribution >= 0.6 is 0 Å². The zero-order valence-corrected chi connectivity index (χ0v) is 9.88. The van der Waals surface area contributed by atoms with Crippen molar-refractivity contribution in [3.8, 4) is 5.88 Å². The minimum atomic E-state index is -0.358. The summed E-state index contributed by atoms with van der Waals surface area (Å²) in [6, 6.07) is 15.6. The number of carbonyl (C=O) groups excluding carboxylic acids is 1. The van der Waals surface area contributed by atoms with Gasteiger partial charge in [-0.25, -0.2) is 4.98 Å². The number of hydrogen-bond acceptors (Lipinski definition) is 3. The van der Waals surface area contributed by atoms with Crippen LogP contribution in [0.3, 0.4) is 0 Å². The standard InChI is InChI=1S/C15H11NO2/c1-10(17)18-15-13-8-3-2-6-11(13)12-7-4-5-9-14(12)16-15/h2-9H,1H3. The van der Waals surface area contributed by atoms with E-state index in [4.69, 9.17) is 4.74 Å². The molecule has 0 aliphatic heterocycles. The molecule has 0 spiro atoms. The smallest absolute Gasteiger partial charge is 0.309 e. The Morgan fingerprint density at radius 3 is 2.28 bits per heavy atom. The van der Waals surface area contributed by atoms with Crippen LogP contribution in [0.5, 0.6) is 5.88 Å². The predicted octanol–water partition coefficient (Wildman–Crippen LogP) is 3.31. The monoisotopic (exact) mass is 237 g/mol. The number of carbonyl (C=O) groups is 1. The Bertz CT molecular complexity index is 750. The number of nitrogens with zero attached hydrogens (tertiary/aromatic N) is 1. The van der Waals surface area contributed by atoms with Crippen LogP contribution in [0.1, 0.15) is 6.92 Å². The number of para-hydroxylation sites is 1. The first-order valence-corrected chi connectivity index (χ1v) is 5.71. The van der Waals surface area contributed by atoms with E-state index < -0.39 is 0 Å². The van der Waals surface area contributed by atoms with Gasteiger partial charge in [0.15, 0.2) is 0 Å². The summed E-state index contributed by atoms with van der Waals surface area (Å²) in [5, 5.41) is 2.95. The zero-order valence-electron chi connectivity index (χ0n) is 9.88. The molecule has 88 valence electrons. The van der Waals surface area contributed by atoms with Gasteiger partial charge in [-0.2, -0.15) is 0 Å². The molecule has 0 fully saturated rings. The van der Waals surface area contributed by atoms with Crippen molar-refractivity contribution >= 4 is 27.6 Å². The Balaban J connectivity index is 2.42. The summed E-state index contributed by atoms with van der Waals surface area (Å²) in [4.78, 5) is 15.5. The molecule has 3 nitrogen and oxygen atoms in total. The maximum absolute atomic E-state index is 11.1. The van der Waals surface area contributed by atoms with Crippen LogP contribution < -0.4 is 4.74 Å². The van der Waals surface area contributed by atoms with E-state index in [0.29, 0.717) is 5.88 Å². The molecule has 0 unspecified atom stereocenters. The summed E-state index contributed by atoms with van der Waals surface area (Å²) < 4.78 is 5.19. The molecule has 0 radical (unpaired) electrons. The summed E-state index contributed by atoms with van der Waals surface area (Å²) >= 11 is 0. The number of ether oxygens (including phenoxy) is 1. The second kappa shape index (κ2) is 4.11. The van der Waals surface area contributed by atoms with E-state index >= 15 is 0 Å². The average molecular weight is 237 g/mol. The van der Waals surface area contributed by atoms with Gasteiger partial charge in [-0.1, -0.05) is 36.4 Å². The van der Waals surface area contributed by atoms with Gasteiger partial charge in [0.25, 0.3) is 0 Å². The van der Waals surface area contributed by atoms with Crippen LogP contribution in [0.4, 0.5) is 0 Å². The molecular formula is C15H11NO2. The third-order valence-electron chi connectivity index (χ3n) is 2.81. The fourth-order valence-electron chi connectivity index (χ4n) is 2.09. The molecule has 3 rings (SSSR count). The van der Waals surface area contributed by atoms with Gasteiger partial charge in [0.1, 0.15) is 0 Å². The molecule has 1 heterocycles. The highest BCUT2D eigenvalue weighted by Gasteiger charge is 2.09. The minimum absolute atomic E-state index is 0.358. The number of pyridine rings is 1. The molecule has 0 atom stereocenters. The van der Waals surface area contributed by atoms with Crippen LogP contribution in [-0.2, 0) is 4.79 Å². The van der Waals surface area contributed by atoms with Gasteiger partial charge in [-0.05, 0) is 17.5 Å². The van der Waals surface area contributed by atoms with Gasteiger partial charge in [0.05, 0.1) is 5.52 Å². The molecule has 18 heavy (non-hydrogen) atoms. The van der Waals surface area contributed by atoms with Gasteiger partial charge < -0.3 is 4.74 Å². The van der Waals surface area contributed by atoms with E-state index in [-0.39, 0.29) is 5.97 Å². The molecule has 0 saturated heterocycles. The van der Waals surface area contributed by atoms with E-state index in [1.807, 2.05) is 48.5 Å². The van der Waals surface area contributed by atoms with Crippen molar-refractivity contribution in [1.82, 2.24) is 4.98 Å². The molecule has 1 aromatic heterocycles. The van der Waals surface area contributed by atoms with E-state index in [1.165, 1.54) is 6.92 Å². The third kappa shape index (κ3) is 1.70. The Morgan fingerprint density at radius 2 is 1.56 bits per heavy atom. The summed E-state index contributed by atoms with van der Waals surface area (Å²) in [7, 11) is 0. The zero-order chi connectivity index (χ0) is 12.5. The highest BCUT2D eigenvalue weighted by molar-refractivity contribution is 6.08. The lowest BCUT2D eigenvalue weighted by Gasteiger charge is -2.08. The number of rotatable bonds is 1. The SMILES string of the molecule is CC(=O)Oc1nc2ccccc2c2ccccc12. The number of benzene rings is 2. The van der Waals surface area contributed by atoms with Crippen molar-refractivity contribution in [2.45, 2.75) is 6.92 Å². The molecule has 3 aromatic rings. The van der Waals surface area contributed by atoms with Crippen LogP contribution in [0, 0.1) is 0 Å². The molecule has 0 amide bonds. The number of aromatic nitrogens is 1. The summed E-state index contributed by atoms with van der Waals surface area (Å²) in [5.74, 6) is 0.0136. The largest absolute Gasteiger partial charge is 0.407 e. The van der Waals surface area contributed by atoms with E-state index in [1.54, 1.807) is 0 Å². The van der Waals surface area contributed by atoms with Crippen molar-refractivity contribution < 1.29 is 9.53 Å². The number of fused-ring (bicyclic) bond motifs is 3. The second-order valence-corrected chi connectivity index (χ2v) is 4.07.